The van der Waals surface area contributed by atoms with Crippen LogP contribution in [0.4, 0.5) is 0 Å². The van der Waals surface area contributed by atoms with Crippen LogP contribution in [-0.4, -0.2) is 52.8 Å². The van der Waals surface area contributed by atoms with E-state index >= 15 is 0 Å². The van der Waals surface area contributed by atoms with Crippen LogP contribution >= 0.6 is 0 Å². The highest BCUT2D eigenvalue weighted by molar-refractivity contribution is 5.95. The van der Waals surface area contributed by atoms with Gasteiger partial charge in [-0.3, -0.25) is 14.4 Å². The zero-order valence-corrected chi connectivity index (χ0v) is 13.5. The normalized spacial score (nSPS) is 14.5. The van der Waals surface area contributed by atoms with Crippen molar-refractivity contribution in [2.75, 3.05) is 26.2 Å². The third kappa shape index (κ3) is 3.37. The fourth-order valence-corrected chi connectivity index (χ4v) is 2.80. The van der Waals surface area contributed by atoms with Crippen molar-refractivity contribution in [2.45, 2.75) is 6.92 Å². The van der Waals surface area contributed by atoms with Crippen LogP contribution in [0.15, 0.2) is 47.4 Å². The van der Waals surface area contributed by atoms with Gasteiger partial charge in [-0.25, -0.2) is 0 Å². The molecule has 1 aliphatic heterocycles. The Hall–Kier alpha value is -2.89. The maximum atomic E-state index is 12.5. The molecule has 6 heteroatoms. The second-order valence-corrected chi connectivity index (χ2v) is 5.90. The second kappa shape index (κ2) is 6.70. The monoisotopic (exact) mass is 325 g/mol. The summed E-state index contributed by atoms with van der Waals surface area (Å²) in [5, 5.41) is 0. The maximum Gasteiger partial charge on any atom is 0.255 e. The topological polar surface area (TPSA) is 73.5 Å². The second-order valence-electron chi connectivity index (χ2n) is 5.90. The molecule has 2 heterocycles. The predicted octanol–water partition coefficient (Wildman–Crippen LogP) is 1.28. The van der Waals surface area contributed by atoms with Crippen LogP contribution in [0.25, 0.3) is 0 Å². The highest BCUT2D eigenvalue weighted by Gasteiger charge is 2.25. The van der Waals surface area contributed by atoms with Gasteiger partial charge in [0.2, 0.25) is 5.56 Å². The van der Waals surface area contributed by atoms with Gasteiger partial charge in [-0.05, 0) is 25.1 Å². The van der Waals surface area contributed by atoms with Gasteiger partial charge >= 0.3 is 0 Å². The van der Waals surface area contributed by atoms with Crippen LogP contribution in [-0.2, 0) is 0 Å². The lowest BCUT2D eigenvalue weighted by Crippen LogP contribution is -2.50. The molecule has 0 bridgehead atoms. The number of pyridine rings is 1. The Morgan fingerprint density at radius 1 is 0.917 bits per heavy atom. The lowest BCUT2D eigenvalue weighted by molar-refractivity contribution is 0.0535. The number of carbonyl (C=O) groups is 2. The van der Waals surface area contributed by atoms with Crippen LogP contribution in [0.1, 0.15) is 26.3 Å². The Morgan fingerprint density at radius 3 is 2.08 bits per heavy atom. The molecule has 3 rings (SSSR count). The van der Waals surface area contributed by atoms with E-state index in [2.05, 4.69) is 4.98 Å². The van der Waals surface area contributed by atoms with E-state index in [1.807, 2.05) is 31.2 Å². The molecule has 0 saturated carbocycles. The zero-order chi connectivity index (χ0) is 17.1. The van der Waals surface area contributed by atoms with Crippen LogP contribution in [0, 0.1) is 6.92 Å². The van der Waals surface area contributed by atoms with Crippen molar-refractivity contribution in [3.05, 3.63) is 69.6 Å². The highest BCUT2D eigenvalue weighted by Crippen LogP contribution is 2.12. The molecule has 0 atom stereocenters. The third-order valence-corrected chi connectivity index (χ3v) is 4.15. The summed E-state index contributed by atoms with van der Waals surface area (Å²) in [6.45, 7) is 3.92. The van der Waals surface area contributed by atoms with Crippen molar-refractivity contribution in [1.82, 2.24) is 14.8 Å². The Balaban J connectivity index is 1.63. The van der Waals surface area contributed by atoms with Gasteiger partial charge in [0, 0.05) is 44.0 Å². The van der Waals surface area contributed by atoms with Gasteiger partial charge in [-0.2, -0.15) is 0 Å². The number of amides is 2. The Labute approximate surface area is 139 Å². The first-order valence-electron chi connectivity index (χ1n) is 7.88. The summed E-state index contributed by atoms with van der Waals surface area (Å²) in [4.78, 5) is 42.0. The molecular weight excluding hydrogens is 306 g/mol. The predicted molar refractivity (Wildman–Crippen MR) is 90.0 cm³/mol. The smallest absolute Gasteiger partial charge is 0.255 e. The molecule has 0 unspecified atom stereocenters. The number of hydrogen-bond donors (Lipinski definition) is 1. The number of rotatable bonds is 2. The van der Waals surface area contributed by atoms with E-state index in [1.54, 1.807) is 9.80 Å². The van der Waals surface area contributed by atoms with Crippen molar-refractivity contribution in [3.8, 4) is 0 Å². The molecular formula is C18H19N3O3. The first-order chi connectivity index (χ1) is 11.5. The van der Waals surface area contributed by atoms with Crippen molar-refractivity contribution in [3.63, 3.8) is 0 Å². The van der Waals surface area contributed by atoms with Gasteiger partial charge < -0.3 is 14.8 Å². The molecule has 1 saturated heterocycles. The van der Waals surface area contributed by atoms with Gasteiger partial charge in [0.1, 0.15) is 0 Å². The Morgan fingerprint density at radius 2 is 1.54 bits per heavy atom. The van der Waals surface area contributed by atoms with E-state index in [0.717, 1.165) is 5.56 Å². The van der Waals surface area contributed by atoms with Crippen LogP contribution in [0.5, 0.6) is 0 Å². The van der Waals surface area contributed by atoms with E-state index in [9.17, 15) is 14.4 Å². The van der Waals surface area contributed by atoms with Crippen LogP contribution < -0.4 is 5.56 Å². The SMILES string of the molecule is Cc1cccc(C(=O)N2CCN(C(=O)c3ccc(=O)[nH]c3)CC2)c1. The van der Waals surface area contributed by atoms with Crippen molar-refractivity contribution in [1.29, 1.82) is 0 Å². The molecule has 1 fully saturated rings. The van der Waals surface area contributed by atoms with Gasteiger partial charge in [-0.1, -0.05) is 17.7 Å². The number of hydrogen-bond acceptors (Lipinski definition) is 3. The molecule has 1 aromatic heterocycles. The summed E-state index contributed by atoms with van der Waals surface area (Å²) in [5.41, 5.74) is 1.94. The number of nitrogens with zero attached hydrogens (tertiary/aromatic N) is 2. The fourth-order valence-electron chi connectivity index (χ4n) is 2.80. The quantitative estimate of drug-likeness (QED) is 0.904. The van der Waals surface area contributed by atoms with Gasteiger partial charge in [0.25, 0.3) is 11.8 Å². The molecule has 124 valence electrons. The fraction of sp³-hybridized carbons (Fsp3) is 0.278. The number of aromatic amines is 1. The number of carbonyl (C=O) groups excluding carboxylic acids is 2. The minimum absolute atomic E-state index is 0.00478. The molecule has 1 aliphatic rings. The van der Waals surface area contributed by atoms with Crippen molar-refractivity contribution < 1.29 is 9.59 Å². The molecule has 6 nitrogen and oxygen atoms in total. The average Bonchev–Trinajstić information content (AvgIpc) is 2.61. The summed E-state index contributed by atoms with van der Waals surface area (Å²) in [6.07, 6.45) is 1.43. The lowest BCUT2D eigenvalue weighted by atomic mass is 10.1. The number of H-pyrrole nitrogens is 1. The van der Waals surface area contributed by atoms with Crippen LogP contribution in [0.2, 0.25) is 0 Å². The molecule has 0 spiro atoms. The zero-order valence-electron chi connectivity index (χ0n) is 13.5. The number of aryl methyl sites for hydroxylation is 1. The van der Waals surface area contributed by atoms with E-state index in [-0.39, 0.29) is 17.4 Å². The molecule has 0 radical (unpaired) electrons. The van der Waals surface area contributed by atoms with Crippen LogP contribution in [0.3, 0.4) is 0 Å². The highest BCUT2D eigenvalue weighted by atomic mass is 16.2. The van der Waals surface area contributed by atoms with Crippen molar-refractivity contribution >= 4 is 11.8 Å². The first-order valence-corrected chi connectivity index (χ1v) is 7.88. The van der Waals surface area contributed by atoms with Gasteiger partial charge in [-0.15, -0.1) is 0 Å². The summed E-state index contributed by atoms with van der Waals surface area (Å²) >= 11 is 0. The molecule has 2 aromatic rings. The number of piperazine rings is 1. The average molecular weight is 325 g/mol. The number of nitrogens with one attached hydrogen (secondary N) is 1. The summed E-state index contributed by atoms with van der Waals surface area (Å²) in [7, 11) is 0. The van der Waals surface area contributed by atoms with Gasteiger partial charge in [0.05, 0.1) is 5.56 Å². The standard InChI is InChI=1S/C18H19N3O3/c1-13-3-2-4-14(11-13)17(23)20-7-9-21(10-8-20)18(24)15-5-6-16(22)19-12-15/h2-6,11-12H,7-10H2,1H3,(H,19,22). The Bertz CT molecular complexity index is 800. The number of aromatic nitrogens is 1. The largest absolute Gasteiger partial charge is 0.335 e. The van der Waals surface area contributed by atoms with Gasteiger partial charge in [0.15, 0.2) is 0 Å². The minimum atomic E-state index is -0.236. The van der Waals surface area contributed by atoms with E-state index in [0.29, 0.717) is 37.3 Å². The molecule has 0 aliphatic carbocycles. The van der Waals surface area contributed by atoms with E-state index < -0.39 is 0 Å². The Kier molecular flexibility index (Phi) is 4.46. The lowest BCUT2D eigenvalue weighted by Gasteiger charge is -2.34. The molecule has 1 aromatic carbocycles. The number of benzene rings is 1. The summed E-state index contributed by atoms with van der Waals surface area (Å²) < 4.78 is 0. The summed E-state index contributed by atoms with van der Waals surface area (Å²) in [5.74, 6) is -0.135. The minimum Gasteiger partial charge on any atom is -0.335 e. The first kappa shape index (κ1) is 16.0. The molecule has 1 N–H and O–H groups in total. The maximum absolute atomic E-state index is 12.5. The van der Waals surface area contributed by atoms with Crippen molar-refractivity contribution in [2.24, 2.45) is 0 Å². The molecule has 2 amide bonds. The third-order valence-electron chi connectivity index (χ3n) is 4.15. The summed E-state index contributed by atoms with van der Waals surface area (Å²) in [6, 6.07) is 10.4. The van der Waals surface area contributed by atoms with E-state index in [1.165, 1.54) is 18.3 Å². The van der Waals surface area contributed by atoms with E-state index in [4.69, 9.17) is 0 Å². The molecule has 24 heavy (non-hydrogen) atoms.